The lowest BCUT2D eigenvalue weighted by atomic mass is 10.1. The molecular weight excluding hydrogens is 682 g/mol. The monoisotopic (exact) mass is 704 g/mol. The lowest BCUT2D eigenvalue weighted by molar-refractivity contribution is -0.139. The van der Waals surface area contributed by atoms with Gasteiger partial charge in [0.1, 0.15) is 18.9 Å². The van der Waals surface area contributed by atoms with E-state index in [1.54, 1.807) is 11.0 Å². The summed E-state index contributed by atoms with van der Waals surface area (Å²) in [5, 5.41) is -0.430. The highest BCUT2D eigenvalue weighted by atomic mass is 127. The second-order valence-electron chi connectivity index (χ2n) is 7.85. The van der Waals surface area contributed by atoms with E-state index < -0.39 is 11.1 Å². The van der Waals surface area contributed by atoms with Crippen molar-refractivity contribution < 1.29 is 23.9 Å². The topological polar surface area (TPSA) is 76.2 Å². The lowest BCUT2D eigenvalue weighted by Gasteiger charge is -2.28. The van der Waals surface area contributed by atoms with Crippen LogP contribution >= 0.6 is 56.9 Å². The van der Waals surface area contributed by atoms with Gasteiger partial charge in [-0.3, -0.25) is 19.3 Å². The first-order valence-electron chi connectivity index (χ1n) is 10.6. The summed E-state index contributed by atoms with van der Waals surface area (Å²) >= 11 is 5.28. The number of aryl methyl sites for hydroxylation is 1. The van der Waals surface area contributed by atoms with Crippen LogP contribution in [0.4, 0.5) is 4.79 Å². The molecule has 10 heteroatoms. The van der Waals surface area contributed by atoms with Gasteiger partial charge in [0.15, 0.2) is 0 Å². The molecule has 0 atom stereocenters. The normalized spacial score (nSPS) is 17.6. The Morgan fingerprint density at radius 1 is 1.15 bits per heavy atom. The second kappa shape index (κ2) is 11.4. The van der Waals surface area contributed by atoms with E-state index in [1.165, 1.54) is 5.56 Å². The Kier molecular flexibility index (Phi) is 8.53. The molecule has 0 unspecified atom stereocenters. The van der Waals surface area contributed by atoms with Crippen LogP contribution in [0.15, 0.2) is 41.3 Å². The number of thioether (sulfide) groups is 1. The molecular formula is C24H22I2N2O5S. The van der Waals surface area contributed by atoms with Gasteiger partial charge < -0.3 is 14.4 Å². The summed E-state index contributed by atoms with van der Waals surface area (Å²) in [6.45, 7) is 4.14. The van der Waals surface area contributed by atoms with Gasteiger partial charge in [0.05, 0.1) is 25.3 Å². The zero-order chi connectivity index (χ0) is 24.2. The van der Waals surface area contributed by atoms with Crippen LogP contribution in [0.1, 0.15) is 16.7 Å². The maximum atomic E-state index is 12.9. The molecule has 2 heterocycles. The first kappa shape index (κ1) is 25.5. The van der Waals surface area contributed by atoms with Gasteiger partial charge in [0, 0.05) is 13.1 Å². The smallest absolute Gasteiger partial charge is 0.294 e. The molecule has 2 aromatic rings. The van der Waals surface area contributed by atoms with Gasteiger partial charge in [-0.2, -0.15) is 0 Å². The largest absolute Gasteiger partial charge is 0.487 e. The van der Waals surface area contributed by atoms with Crippen molar-refractivity contribution in [3.8, 4) is 5.75 Å². The van der Waals surface area contributed by atoms with E-state index in [2.05, 4.69) is 51.2 Å². The number of imide groups is 1. The first-order valence-corrected chi connectivity index (χ1v) is 13.6. The molecule has 0 bridgehead atoms. The van der Waals surface area contributed by atoms with Crippen LogP contribution in [0.2, 0.25) is 0 Å². The summed E-state index contributed by atoms with van der Waals surface area (Å²) < 4.78 is 13.1. The van der Waals surface area contributed by atoms with Crippen LogP contribution < -0.4 is 4.74 Å². The van der Waals surface area contributed by atoms with Crippen LogP contribution in [0.25, 0.3) is 6.08 Å². The van der Waals surface area contributed by atoms with Crippen molar-refractivity contribution in [3.63, 3.8) is 0 Å². The van der Waals surface area contributed by atoms with Gasteiger partial charge >= 0.3 is 0 Å². The van der Waals surface area contributed by atoms with Crippen LogP contribution in [0, 0.1) is 14.1 Å². The predicted octanol–water partition coefficient (Wildman–Crippen LogP) is 4.68. The summed E-state index contributed by atoms with van der Waals surface area (Å²) in [7, 11) is 0. The fraction of sp³-hybridized carbons (Fsp3) is 0.292. The Morgan fingerprint density at radius 3 is 2.53 bits per heavy atom. The highest BCUT2D eigenvalue weighted by molar-refractivity contribution is 14.1. The van der Waals surface area contributed by atoms with Gasteiger partial charge in [0.25, 0.3) is 11.1 Å². The highest BCUT2D eigenvalue weighted by Crippen LogP contribution is 2.35. The van der Waals surface area contributed by atoms with Gasteiger partial charge in [-0.15, -0.1) is 0 Å². The Labute approximate surface area is 229 Å². The first-order chi connectivity index (χ1) is 16.3. The Morgan fingerprint density at radius 2 is 1.85 bits per heavy atom. The van der Waals surface area contributed by atoms with E-state index in [-0.39, 0.29) is 12.5 Å². The third kappa shape index (κ3) is 6.13. The van der Waals surface area contributed by atoms with Crippen LogP contribution in [-0.4, -0.2) is 59.7 Å². The second-order valence-corrected chi connectivity index (χ2v) is 11.2. The van der Waals surface area contributed by atoms with Gasteiger partial charge in [-0.05, 0) is 93.2 Å². The van der Waals surface area contributed by atoms with Crippen LogP contribution in [-0.2, 0) is 20.9 Å². The van der Waals surface area contributed by atoms with Crippen LogP contribution in [0.5, 0.6) is 5.75 Å². The molecule has 0 radical (unpaired) electrons. The number of amides is 3. The summed E-state index contributed by atoms with van der Waals surface area (Å²) in [5.41, 5.74) is 3.07. The minimum absolute atomic E-state index is 0.244. The van der Waals surface area contributed by atoms with E-state index in [0.29, 0.717) is 37.8 Å². The molecule has 178 valence electrons. The average Bonchev–Trinajstić information content (AvgIpc) is 3.06. The molecule has 0 N–H and O–H groups in total. The zero-order valence-corrected chi connectivity index (χ0v) is 23.5. The molecule has 3 amide bonds. The SMILES string of the molecule is Cc1cccc(COc2c(I)cc(/C=C3/SC(=O)N(CC(=O)N4CCOCC4)C3=O)cc2I)c1. The molecule has 2 fully saturated rings. The number of nitrogens with zero attached hydrogens (tertiary/aromatic N) is 2. The standard InChI is InChI=1S/C24H22I2N2O5S/c1-15-3-2-4-16(9-15)14-33-22-18(25)10-17(11-19(22)26)12-20-23(30)28(24(31)34-20)13-21(29)27-5-7-32-8-6-27/h2-4,9-12H,5-8,13-14H2,1H3/b20-12+. The fourth-order valence-corrected chi connectivity index (χ4v) is 6.56. The average molecular weight is 704 g/mol. The number of hydrogen-bond donors (Lipinski definition) is 0. The van der Waals surface area contributed by atoms with E-state index in [0.717, 1.165) is 40.7 Å². The molecule has 4 rings (SSSR count). The molecule has 2 saturated heterocycles. The molecule has 2 aromatic carbocycles. The molecule has 2 aliphatic heterocycles. The predicted molar refractivity (Wildman–Crippen MR) is 147 cm³/mol. The molecule has 0 aromatic heterocycles. The van der Waals surface area contributed by atoms with Crippen molar-refractivity contribution in [2.24, 2.45) is 0 Å². The third-order valence-corrected chi connectivity index (χ3v) is 7.82. The molecule has 7 nitrogen and oxygen atoms in total. The third-order valence-electron chi connectivity index (χ3n) is 5.31. The quantitative estimate of drug-likeness (QED) is 0.322. The van der Waals surface area contributed by atoms with Crippen molar-refractivity contribution >= 4 is 80.1 Å². The van der Waals surface area contributed by atoms with E-state index >= 15 is 0 Å². The lowest BCUT2D eigenvalue weighted by Crippen LogP contribution is -2.46. The minimum atomic E-state index is -0.443. The number of ether oxygens (including phenoxy) is 2. The fourth-order valence-electron chi connectivity index (χ4n) is 3.59. The van der Waals surface area contributed by atoms with Gasteiger partial charge in [0.2, 0.25) is 5.91 Å². The number of morpholine rings is 1. The molecule has 0 spiro atoms. The Balaban J connectivity index is 1.45. The zero-order valence-electron chi connectivity index (χ0n) is 18.4. The van der Waals surface area contributed by atoms with Gasteiger partial charge in [-0.25, -0.2) is 0 Å². The van der Waals surface area contributed by atoms with Crippen molar-refractivity contribution in [3.05, 3.63) is 65.1 Å². The summed E-state index contributed by atoms with van der Waals surface area (Å²) in [5.74, 6) is 0.0940. The number of rotatable bonds is 6. The number of halogens is 2. The van der Waals surface area contributed by atoms with Crippen LogP contribution in [0.3, 0.4) is 0 Å². The maximum absolute atomic E-state index is 12.9. The minimum Gasteiger partial charge on any atom is -0.487 e. The van der Waals surface area contributed by atoms with Gasteiger partial charge in [-0.1, -0.05) is 29.8 Å². The number of benzene rings is 2. The molecule has 34 heavy (non-hydrogen) atoms. The van der Waals surface area contributed by atoms with E-state index in [4.69, 9.17) is 9.47 Å². The maximum Gasteiger partial charge on any atom is 0.294 e. The van der Waals surface area contributed by atoms with Crippen molar-refractivity contribution in [2.45, 2.75) is 13.5 Å². The number of hydrogen-bond acceptors (Lipinski definition) is 6. The Hall–Kier alpha value is -1.64. The van der Waals surface area contributed by atoms with E-state index in [1.807, 2.05) is 37.3 Å². The van der Waals surface area contributed by atoms with Crippen molar-refractivity contribution in [1.29, 1.82) is 0 Å². The Bertz CT molecular complexity index is 1140. The molecule has 0 saturated carbocycles. The summed E-state index contributed by atoms with van der Waals surface area (Å²) in [4.78, 5) is 40.7. The summed E-state index contributed by atoms with van der Waals surface area (Å²) in [6.07, 6.45) is 1.69. The highest BCUT2D eigenvalue weighted by Gasteiger charge is 2.37. The summed E-state index contributed by atoms with van der Waals surface area (Å²) in [6, 6.07) is 12.0. The number of carbonyl (C=O) groups excluding carboxylic acids is 3. The van der Waals surface area contributed by atoms with E-state index in [9.17, 15) is 14.4 Å². The van der Waals surface area contributed by atoms with Crippen molar-refractivity contribution in [1.82, 2.24) is 9.80 Å². The van der Waals surface area contributed by atoms with Crippen molar-refractivity contribution in [2.75, 3.05) is 32.8 Å². The molecule has 0 aliphatic carbocycles. The number of carbonyl (C=O) groups is 3. The molecule has 2 aliphatic rings.